The molecule has 6 N–H and O–H groups in total. The quantitative estimate of drug-likeness (QED) is 0.0224. The van der Waals surface area contributed by atoms with E-state index in [1.165, 1.54) is 0 Å². The molecule has 4 atom stereocenters. The van der Waals surface area contributed by atoms with Crippen molar-refractivity contribution in [2.45, 2.75) is 129 Å². The van der Waals surface area contributed by atoms with Crippen LogP contribution in [-0.2, 0) is 43.1 Å². The number of amides is 5. The van der Waals surface area contributed by atoms with Gasteiger partial charge in [-0.3, -0.25) is 24.0 Å². The maximum absolute atomic E-state index is 14.5. The monoisotopic (exact) mass is 1060 g/mol. The van der Waals surface area contributed by atoms with Crippen molar-refractivity contribution in [1.82, 2.24) is 31.5 Å². The molecule has 1 saturated heterocycles. The third-order valence-electron chi connectivity index (χ3n) is 14.6. The molecule has 77 heavy (non-hydrogen) atoms. The molecule has 0 unspecified atom stereocenters. The average molecular weight is 1060 g/mol. The highest BCUT2D eigenvalue weighted by Crippen LogP contribution is 2.40. The van der Waals surface area contributed by atoms with Crippen LogP contribution >= 0.6 is 0 Å². The molecule has 0 spiro atoms. The molecule has 1 aliphatic heterocycles. The van der Waals surface area contributed by atoms with Crippen molar-refractivity contribution in [2.75, 3.05) is 59.7 Å². The lowest BCUT2D eigenvalue weighted by Crippen LogP contribution is -2.59. The van der Waals surface area contributed by atoms with E-state index >= 15 is 0 Å². The van der Waals surface area contributed by atoms with Gasteiger partial charge in [0.15, 0.2) is 6.61 Å². The Hall–Kier alpha value is -6.69. The summed E-state index contributed by atoms with van der Waals surface area (Å²) in [5.41, 5.74) is 6.11. The summed E-state index contributed by atoms with van der Waals surface area (Å²) in [5, 5.41) is 28.1. The van der Waals surface area contributed by atoms with Gasteiger partial charge in [-0.15, -0.1) is 0 Å². The molecule has 0 bridgehead atoms. The number of likely N-dealkylation sites (N-methyl/N-ethyl adjacent to an activating group) is 1. The van der Waals surface area contributed by atoms with Crippen LogP contribution in [0.25, 0.3) is 0 Å². The van der Waals surface area contributed by atoms with Gasteiger partial charge in [0, 0.05) is 31.6 Å². The van der Waals surface area contributed by atoms with Crippen LogP contribution in [0.3, 0.4) is 0 Å². The number of ether oxygens (including phenoxy) is 2. The number of carbonyl (C=O) groups excluding carboxylic acids is 5. The molecule has 17 heteroatoms. The Morgan fingerprint density at radius 3 is 2.06 bits per heavy atom. The number of carboxylic acids is 1. The summed E-state index contributed by atoms with van der Waals surface area (Å²) < 4.78 is 11.5. The topological polar surface area (TPSA) is 226 Å². The van der Waals surface area contributed by atoms with E-state index in [0.29, 0.717) is 31.4 Å². The van der Waals surface area contributed by atoms with Gasteiger partial charge >= 0.3 is 5.97 Å². The average Bonchev–Trinajstić information content (AvgIpc) is 3.93. The third kappa shape index (κ3) is 19.4. The molecule has 2 aliphatic carbocycles. The van der Waals surface area contributed by atoms with Gasteiger partial charge in [-0.25, -0.2) is 4.79 Å². The smallest absolute Gasteiger partial charge is 0.328 e. The predicted octanol–water partition coefficient (Wildman–Crippen LogP) is 6.83. The first-order chi connectivity index (χ1) is 37.0. The Morgan fingerprint density at radius 1 is 0.805 bits per heavy atom. The molecule has 5 amide bonds. The molecule has 2 aromatic carbocycles. The van der Waals surface area contributed by atoms with Crippen LogP contribution in [0.4, 0.5) is 0 Å². The summed E-state index contributed by atoms with van der Waals surface area (Å²) in [5.74, 6) is -3.28. The van der Waals surface area contributed by atoms with Gasteiger partial charge in [0.2, 0.25) is 23.6 Å². The van der Waals surface area contributed by atoms with Crippen LogP contribution < -0.4 is 26.6 Å². The second kappa shape index (κ2) is 31.5. The maximum Gasteiger partial charge on any atom is 0.328 e. The zero-order chi connectivity index (χ0) is 55.7. The van der Waals surface area contributed by atoms with Crippen LogP contribution in [0.1, 0.15) is 116 Å². The highest BCUT2D eigenvalue weighted by molar-refractivity contribution is 6.01. The first-order valence-electron chi connectivity index (χ1n) is 27.2. The summed E-state index contributed by atoms with van der Waals surface area (Å²) in [6.45, 7) is 13.3. The Labute approximate surface area is 455 Å². The van der Waals surface area contributed by atoms with Crippen LogP contribution in [0, 0.1) is 11.3 Å². The Morgan fingerprint density at radius 2 is 1.44 bits per heavy atom. The van der Waals surface area contributed by atoms with Crippen molar-refractivity contribution in [1.29, 1.82) is 0 Å². The van der Waals surface area contributed by atoms with Gasteiger partial charge in [0.25, 0.3) is 5.91 Å². The number of oxime groups is 1. The molecule has 17 nitrogen and oxygen atoms in total. The first-order valence-corrected chi connectivity index (χ1v) is 27.2. The summed E-state index contributed by atoms with van der Waals surface area (Å²) in [6.07, 6.45) is 18.0. The summed E-state index contributed by atoms with van der Waals surface area (Å²) in [6, 6.07) is 16.0. The molecule has 0 radical (unpaired) electrons. The highest BCUT2D eigenvalue weighted by Gasteiger charge is 2.43. The number of likely N-dealkylation sites (tertiary alicyclic amines) is 1. The zero-order valence-electron chi connectivity index (χ0n) is 46.2. The van der Waals surface area contributed by atoms with Crippen LogP contribution in [0.15, 0.2) is 125 Å². The van der Waals surface area contributed by atoms with Crippen LogP contribution in [0.2, 0.25) is 0 Å². The van der Waals surface area contributed by atoms with Crippen molar-refractivity contribution >= 4 is 41.2 Å². The summed E-state index contributed by atoms with van der Waals surface area (Å²) in [4.78, 5) is 87.1. The van der Waals surface area contributed by atoms with E-state index in [1.54, 1.807) is 31.9 Å². The fourth-order valence-corrected chi connectivity index (χ4v) is 10.1. The van der Waals surface area contributed by atoms with E-state index in [4.69, 9.17) is 19.4 Å². The minimum Gasteiger partial charge on any atom is -0.478 e. The number of nitrogens with one attached hydrogen (secondary N) is 5. The second-order valence-electron chi connectivity index (χ2n) is 20.8. The van der Waals surface area contributed by atoms with Crippen LogP contribution in [0.5, 0.6) is 0 Å². The van der Waals surface area contributed by atoms with Gasteiger partial charge in [-0.2, -0.15) is 0 Å². The van der Waals surface area contributed by atoms with E-state index in [2.05, 4.69) is 51.7 Å². The van der Waals surface area contributed by atoms with Gasteiger partial charge < -0.3 is 50.9 Å². The molecule has 418 valence electrons. The Balaban J connectivity index is 1.10. The molecule has 2 aromatic rings. The molecule has 0 aromatic heterocycles. The minimum atomic E-state index is -1.05. The second-order valence-corrected chi connectivity index (χ2v) is 20.8. The lowest BCUT2D eigenvalue weighted by Gasteiger charge is -2.36. The number of carbonyl (C=O) groups is 6. The molecule has 1 heterocycles. The summed E-state index contributed by atoms with van der Waals surface area (Å²) in [7, 11) is 1.70. The van der Waals surface area contributed by atoms with Crippen LogP contribution in [-0.4, -0.2) is 135 Å². The SMILES string of the molecule is CN[C@@H](C)C(=O)N[C@H](C(=O)N1CCC[C@H]1C(=O)N[C@H](C(=O)NCCOCCOCCNC(=O)CON=C1CCC(C)(C)C(/C=C/C(C)=C/C=C/C(C)=C/C(=O)O)=C1C)C(c1ccccc1)c1ccccc1)C1CCCCC1. The van der Waals surface area contributed by atoms with E-state index < -0.39 is 47.9 Å². The van der Waals surface area contributed by atoms with Gasteiger partial charge in [0.05, 0.1) is 38.2 Å². The number of rotatable bonds is 28. The molecule has 2 fully saturated rings. The zero-order valence-corrected chi connectivity index (χ0v) is 46.2. The van der Waals surface area contributed by atoms with E-state index in [9.17, 15) is 28.8 Å². The fourth-order valence-electron chi connectivity index (χ4n) is 10.1. The lowest BCUT2D eigenvalue weighted by atomic mass is 9.72. The number of hydrogen-bond acceptors (Lipinski definition) is 11. The number of aliphatic carboxylic acids is 1. The van der Waals surface area contributed by atoms with Crippen molar-refractivity contribution in [3.05, 3.63) is 131 Å². The fraction of sp³-hybridized carbons (Fsp3) is 0.517. The molecule has 5 rings (SSSR count). The van der Waals surface area contributed by atoms with Gasteiger partial charge in [-0.05, 0) is 112 Å². The normalized spacial score (nSPS) is 19.1. The Kier molecular flexibility index (Phi) is 25.0. The van der Waals surface area contributed by atoms with Crippen molar-refractivity contribution in [2.24, 2.45) is 16.5 Å². The maximum atomic E-state index is 14.5. The van der Waals surface area contributed by atoms with Crippen molar-refractivity contribution in [3.63, 3.8) is 0 Å². The number of carboxylic acid groups (broad SMARTS) is 1. The van der Waals surface area contributed by atoms with E-state index in [1.807, 2.05) is 92.7 Å². The first kappa shape index (κ1) is 61.2. The third-order valence-corrected chi connectivity index (χ3v) is 14.6. The highest BCUT2D eigenvalue weighted by atomic mass is 16.6. The number of allylic oxidation sites excluding steroid dienone is 9. The molecule has 3 aliphatic rings. The van der Waals surface area contributed by atoms with E-state index in [0.717, 1.165) is 78.2 Å². The Bertz CT molecular complexity index is 2440. The minimum absolute atomic E-state index is 0.0350. The number of benzene rings is 2. The number of hydrogen-bond donors (Lipinski definition) is 6. The number of nitrogens with zero attached hydrogens (tertiary/aromatic N) is 2. The van der Waals surface area contributed by atoms with E-state index in [-0.39, 0.29) is 75.2 Å². The molecular formula is C60H83N7O10. The predicted molar refractivity (Wildman–Crippen MR) is 299 cm³/mol. The van der Waals surface area contributed by atoms with Gasteiger partial charge in [-0.1, -0.05) is 135 Å². The van der Waals surface area contributed by atoms with Crippen molar-refractivity contribution in [3.8, 4) is 0 Å². The molecule has 1 saturated carbocycles. The summed E-state index contributed by atoms with van der Waals surface area (Å²) >= 11 is 0. The molecular weight excluding hydrogens is 979 g/mol. The lowest BCUT2D eigenvalue weighted by molar-refractivity contribution is -0.143. The largest absolute Gasteiger partial charge is 0.478 e. The van der Waals surface area contributed by atoms with Gasteiger partial charge in [0.1, 0.15) is 18.1 Å². The standard InChI is InChI=1S/C60H83N7O10/c1-41(19-17-20-42(2)39-52(69)70)28-29-48-43(3)49(30-31-60(48,5)6)66-77-40-51(68)62-32-35-75-37-38-76-36-33-63-58(73)55(53(45-21-11-8-12-22-45)46-23-13-9-14-24-46)65-57(72)50-27-18-34-67(50)59(74)54(47-25-15-10-16-26-47)64-56(71)44(4)61-7/h8-9,11-14,17,19-24,28-29,39,44,47,50,53-55,61H,10,15-16,18,25-27,30-38,40H2,1-7H3,(H,62,68)(H,63,73)(H,64,71)(H,65,72)(H,69,70)/b20-17+,29-28+,41-19+,42-39+,66-49?/t44-,50-,54-,55-/m0/s1. The van der Waals surface area contributed by atoms with Crippen molar-refractivity contribution < 1.29 is 48.2 Å².